The number of aliphatic hydroxyl groups excluding tert-OH is 1. The summed E-state index contributed by atoms with van der Waals surface area (Å²) in [6, 6.07) is -0.838. The number of halogens is 1. The van der Waals surface area contributed by atoms with E-state index in [1.807, 2.05) is 20.8 Å². The van der Waals surface area contributed by atoms with Crippen LogP contribution in [0, 0.1) is 11.8 Å². The average molecular weight is 540 g/mol. The summed E-state index contributed by atoms with van der Waals surface area (Å²) in [5, 5.41) is 9.29. The molecule has 2 bridgehead atoms. The number of fused-ring (bicyclic) bond motifs is 1. The molecule has 3 amide bonds. The number of hydrogen-bond acceptors (Lipinski definition) is 5. The fourth-order valence-electron chi connectivity index (χ4n) is 5.83. The van der Waals surface area contributed by atoms with E-state index in [4.69, 9.17) is 4.74 Å². The SMILES string of the molecule is C=CCN(C)C(=O)[C@H]1[C@H]2C(=O)N(CCCCO)C(C(=O)N(CC=C)C(C)(C)C)C23CC(Br)[C@@H]1O3. The molecule has 3 unspecified atom stereocenters. The second-order valence-electron chi connectivity index (χ2n) is 10.5. The van der Waals surface area contributed by atoms with Crippen molar-refractivity contribution in [2.45, 2.75) is 68.1 Å². The molecule has 0 saturated carbocycles. The Morgan fingerprint density at radius 1 is 1.24 bits per heavy atom. The minimum Gasteiger partial charge on any atom is -0.396 e. The van der Waals surface area contributed by atoms with Gasteiger partial charge in [0.05, 0.1) is 17.9 Å². The summed E-state index contributed by atoms with van der Waals surface area (Å²) in [5.74, 6) is -1.97. The second-order valence-corrected chi connectivity index (χ2v) is 11.7. The van der Waals surface area contributed by atoms with Crippen molar-refractivity contribution in [3.63, 3.8) is 0 Å². The smallest absolute Gasteiger partial charge is 0.249 e. The molecular formula is C25H38BrN3O5. The predicted molar refractivity (Wildman–Crippen MR) is 133 cm³/mol. The van der Waals surface area contributed by atoms with Gasteiger partial charge in [-0.1, -0.05) is 28.1 Å². The highest BCUT2D eigenvalue weighted by molar-refractivity contribution is 9.09. The standard InChI is InChI=1S/C25H38BrN3O5/c1-7-11-27(6)21(31)17-18-22(32)28(13-9-10-14-30)20(25(18)15-16(26)19(17)34-25)23(33)29(12-8-2)24(3,4)5/h7-8,16-20,30H,1-2,9-15H2,3-6H3/t16?,17-,18-,19-,20?,25?/m0/s1. The Kier molecular flexibility index (Phi) is 7.99. The van der Waals surface area contributed by atoms with Crippen LogP contribution in [0.15, 0.2) is 25.3 Å². The lowest BCUT2D eigenvalue weighted by Crippen LogP contribution is -2.60. The summed E-state index contributed by atoms with van der Waals surface area (Å²) in [4.78, 5) is 46.3. The zero-order chi connectivity index (χ0) is 25.4. The number of rotatable bonds is 10. The van der Waals surface area contributed by atoms with E-state index in [0.29, 0.717) is 38.9 Å². The van der Waals surface area contributed by atoms with E-state index in [1.165, 1.54) is 0 Å². The minimum absolute atomic E-state index is 0.00923. The van der Waals surface area contributed by atoms with Crippen LogP contribution >= 0.6 is 15.9 Å². The predicted octanol–water partition coefficient (Wildman–Crippen LogP) is 1.96. The summed E-state index contributed by atoms with van der Waals surface area (Å²) in [7, 11) is 1.69. The van der Waals surface area contributed by atoms with Crippen LogP contribution in [0.2, 0.25) is 0 Å². The van der Waals surface area contributed by atoms with Crippen molar-refractivity contribution in [3.8, 4) is 0 Å². The molecule has 6 atom stereocenters. The molecule has 0 aromatic heterocycles. The van der Waals surface area contributed by atoms with Crippen LogP contribution in [0.25, 0.3) is 0 Å². The first kappa shape index (κ1) is 26.9. The molecule has 3 aliphatic rings. The zero-order valence-electron chi connectivity index (χ0n) is 20.7. The van der Waals surface area contributed by atoms with Gasteiger partial charge in [-0.3, -0.25) is 14.4 Å². The van der Waals surface area contributed by atoms with Crippen LogP contribution in [0.4, 0.5) is 0 Å². The lowest BCUT2D eigenvalue weighted by molar-refractivity contribution is -0.151. The molecule has 0 radical (unpaired) electrons. The molecule has 3 saturated heterocycles. The van der Waals surface area contributed by atoms with Gasteiger partial charge >= 0.3 is 0 Å². The lowest BCUT2D eigenvalue weighted by atomic mass is 9.70. The van der Waals surface area contributed by atoms with Crippen LogP contribution in [0.3, 0.4) is 0 Å². The molecule has 3 rings (SSSR count). The van der Waals surface area contributed by atoms with Crippen molar-refractivity contribution >= 4 is 33.7 Å². The van der Waals surface area contributed by atoms with Crippen LogP contribution in [-0.4, -0.2) is 98.9 Å². The molecule has 3 fully saturated rings. The Bertz CT molecular complexity index is 843. The van der Waals surface area contributed by atoms with Gasteiger partial charge in [0.25, 0.3) is 0 Å². The van der Waals surface area contributed by atoms with Gasteiger partial charge in [0, 0.05) is 43.7 Å². The van der Waals surface area contributed by atoms with Crippen LogP contribution < -0.4 is 0 Å². The van der Waals surface area contributed by atoms with Crippen molar-refractivity contribution < 1.29 is 24.2 Å². The maximum atomic E-state index is 14.1. The number of hydrogen-bond donors (Lipinski definition) is 1. The Hall–Kier alpha value is -1.71. The van der Waals surface area contributed by atoms with Crippen molar-refractivity contribution in [1.29, 1.82) is 0 Å². The normalized spacial score (nSPS) is 32.0. The number of likely N-dealkylation sites (N-methyl/N-ethyl adjacent to an activating group) is 1. The van der Waals surface area contributed by atoms with Gasteiger partial charge in [-0.25, -0.2) is 0 Å². The van der Waals surface area contributed by atoms with Gasteiger partial charge < -0.3 is 24.5 Å². The van der Waals surface area contributed by atoms with Crippen molar-refractivity contribution in [1.82, 2.24) is 14.7 Å². The van der Waals surface area contributed by atoms with E-state index in [1.54, 1.807) is 33.9 Å². The second kappa shape index (κ2) is 10.1. The molecule has 1 spiro atoms. The third-order valence-corrected chi connectivity index (χ3v) is 8.13. The molecule has 3 aliphatic heterocycles. The van der Waals surface area contributed by atoms with E-state index in [2.05, 4.69) is 29.1 Å². The number of likely N-dealkylation sites (tertiary alicyclic amines) is 1. The van der Waals surface area contributed by atoms with E-state index < -0.39 is 35.1 Å². The first-order valence-corrected chi connectivity index (χ1v) is 12.9. The molecule has 190 valence electrons. The van der Waals surface area contributed by atoms with Gasteiger partial charge in [-0.05, 0) is 40.0 Å². The zero-order valence-corrected chi connectivity index (χ0v) is 22.3. The molecule has 34 heavy (non-hydrogen) atoms. The first-order valence-electron chi connectivity index (χ1n) is 12.0. The maximum Gasteiger partial charge on any atom is 0.249 e. The van der Waals surface area contributed by atoms with Gasteiger partial charge in [0.1, 0.15) is 11.6 Å². The molecule has 0 aliphatic carbocycles. The lowest BCUT2D eigenvalue weighted by Gasteiger charge is -2.42. The Morgan fingerprint density at radius 2 is 1.88 bits per heavy atom. The molecular weight excluding hydrogens is 502 g/mol. The average Bonchev–Trinajstić information content (AvgIpc) is 3.34. The van der Waals surface area contributed by atoms with Crippen molar-refractivity contribution in [3.05, 3.63) is 25.3 Å². The Balaban J connectivity index is 2.07. The summed E-state index contributed by atoms with van der Waals surface area (Å²) >= 11 is 3.69. The molecule has 0 aromatic rings. The fourth-order valence-corrected chi connectivity index (χ4v) is 6.78. The van der Waals surface area contributed by atoms with Crippen molar-refractivity contribution in [2.75, 3.05) is 33.3 Å². The van der Waals surface area contributed by atoms with Gasteiger partial charge in [-0.2, -0.15) is 0 Å². The number of aliphatic hydroxyl groups is 1. The third kappa shape index (κ3) is 4.35. The topological polar surface area (TPSA) is 90.4 Å². The highest BCUT2D eigenvalue weighted by Gasteiger charge is 2.76. The van der Waals surface area contributed by atoms with E-state index >= 15 is 0 Å². The van der Waals surface area contributed by atoms with E-state index in [0.717, 1.165) is 0 Å². The molecule has 9 heteroatoms. The Labute approximate surface area is 211 Å². The highest BCUT2D eigenvalue weighted by Crippen LogP contribution is 2.60. The number of carbonyl (C=O) groups excluding carboxylic acids is 3. The quantitative estimate of drug-likeness (QED) is 0.260. The van der Waals surface area contributed by atoms with E-state index in [-0.39, 0.29) is 29.2 Å². The van der Waals surface area contributed by atoms with Gasteiger partial charge in [0.2, 0.25) is 17.7 Å². The maximum absolute atomic E-state index is 14.1. The number of nitrogens with zero attached hydrogens (tertiary/aromatic N) is 3. The van der Waals surface area contributed by atoms with Crippen LogP contribution in [0.5, 0.6) is 0 Å². The number of carbonyl (C=O) groups is 3. The monoisotopic (exact) mass is 539 g/mol. The number of amides is 3. The largest absolute Gasteiger partial charge is 0.396 e. The Morgan fingerprint density at radius 3 is 2.44 bits per heavy atom. The van der Waals surface area contributed by atoms with Crippen LogP contribution in [0.1, 0.15) is 40.0 Å². The number of unbranched alkanes of at least 4 members (excludes halogenated alkanes) is 1. The van der Waals surface area contributed by atoms with Gasteiger partial charge in [-0.15, -0.1) is 13.2 Å². The molecule has 0 aromatic carbocycles. The van der Waals surface area contributed by atoms with E-state index in [9.17, 15) is 19.5 Å². The van der Waals surface area contributed by atoms with Crippen molar-refractivity contribution in [2.24, 2.45) is 11.8 Å². The third-order valence-electron chi connectivity index (χ3n) is 7.28. The molecule has 3 heterocycles. The molecule has 1 N–H and O–H groups in total. The fraction of sp³-hybridized carbons (Fsp3) is 0.720. The summed E-state index contributed by atoms with van der Waals surface area (Å²) < 4.78 is 6.53. The highest BCUT2D eigenvalue weighted by atomic mass is 79.9. The number of alkyl halides is 1. The van der Waals surface area contributed by atoms with Crippen LogP contribution in [-0.2, 0) is 19.1 Å². The first-order chi connectivity index (χ1) is 16.0. The number of ether oxygens (including phenoxy) is 1. The summed E-state index contributed by atoms with van der Waals surface area (Å²) in [5.41, 5.74) is -1.57. The summed E-state index contributed by atoms with van der Waals surface area (Å²) in [6.45, 7) is 14.4. The summed E-state index contributed by atoms with van der Waals surface area (Å²) in [6.07, 6.45) is 4.40. The molecule has 8 nitrogen and oxygen atoms in total. The van der Waals surface area contributed by atoms with Gasteiger partial charge in [0.15, 0.2) is 0 Å². The minimum atomic E-state index is -1.08.